The summed E-state index contributed by atoms with van der Waals surface area (Å²) in [7, 11) is 3.81. The molecule has 0 atom stereocenters. The largest absolute Gasteiger partial charge is 0.342 e. The molecular formula is C31H39N7O2. The van der Waals surface area contributed by atoms with Gasteiger partial charge in [0.15, 0.2) is 0 Å². The molecular weight excluding hydrogens is 502 g/mol. The van der Waals surface area contributed by atoms with E-state index in [1.807, 2.05) is 66.5 Å². The quantitative estimate of drug-likeness (QED) is 0.257. The Morgan fingerprint density at radius 3 is 2.33 bits per heavy atom. The number of rotatable bonds is 9. The van der Waals surface area contributed by atoms with Gasteiger partial charge in [0.05, 0.1) is 46.9 Å². The van der Waals surface area contributed by atoms with E-state index in [0.717, 1.165) is 65.9 Å². The summed E-state index contributed by atoms with van der Waals surface area (Å²) in [6.45, 7) is 5.96. The zero-order chi connectivity index (χ0) is 28.5. The van der Waals surface area contributed by atoms with Gasteiger partial charge in [-0.25, -0.2) is 0 Å². The number of carbonyl (C=O) groups excluding carboxylic acids is 2. The van der Waals surface area contributed by atoms with E-state index < -0.39 is 0 Å². The van der Waals surface area contributed by atoms with Gasteiger partial charge in [-0.05, 0) is 37.1 Å². The average molecular weight is 542 g/mol. The van der Waals surface area contributed by atoms with Crippen molar-refractivity contribution in [1.29, 1.82) is 0 Å². The van der Waals surface area contributed by atoms with Gasteiger partial charge in [-0.2, -0.15) is 5.10 Å². The monoisotopic (exact) mass is 541 g/mol. The third-order valence-electron chi connectivity index (χ3n) is 7.24. The highest BCUT2D eigenvalue weighted by Crippen LogP contribution is 2.34. The number of nitrogens with zero attached hydrogens (tertiary/aromatic N) is 7. The molecule has 1 aliphatic rings. The minimum atomic E-state index is -0.0312. The molecule has 3 aromatic heterocycles. The van der Waals surface area contributed by atoms with E-state index in [9.17, 15) is 9.59 Å². The predicted octanol–water partition coefficient (Wildman–Crippen LogP) is 5.58. The number of unbranched alkanes of at least 4 members (excludes halogenated alkanes) is 2. The molecule has 0 saturated carbocycles. The Hall–Kier alpha value is -4.27. The van der Waals surface area contributed by atoms with Crippen molar-refractivity contribution in [2.75, 3.05) is 36.5 Å². The fraction of sp³-hybridized carbons (Fsp3) is 0.387. The lowest BCUT2D eigenvalue weighted by Crippen LogP contribution is -2.38. The molecule has 1 aromatic carbocycles. The summed E-state index contributed by atoms with van der Waals surface area (Å²) in [6.07, 6.45) is 14.0. The Morgan fingerprint density at radius 1 is 0.975 bits per heavy atom. The van der Waals surface area contributed by atoms with Gasteiger partial charge in [-0.15, -0.1) is 0 Å². The summed E-state index contributed by atoms with van der Waals surface area (Å²) in [6, 6.07) is 11.5. The first-order chi connectivity index (χ1) is 19.5. The summed E-state index contributed by atoms with van der Waals surface area (Å²) in [5, 5.41) is 5.32. The second-order valence-corrected chi connectivity index (χ2v) is 10.0. The number of para-hydroxylation sites is 2. The molecule has 2 amide bonds. The zero-order valence-corrected chi connectivity index (χ0v) is 24.0. The van der Waals surface area contributed by atoms with Gasteiger partial charge in [-0.1, -0.05) is 45.2 Å². The van der Waals surface area contributed by atoms with Crippen LogP contribution in [0.15, 0.2) is 61.2 Å². The second kappa shape index (κ2) is 13.7. The van der Waals surface area contributed by atoms with Gasteiger partial charge in [-0.3, -0.25) is 24.2 Å². The molecule has 1 saturated heterocycles. The molecule has 210 valence electrons. The van der Waals surface area contributed by atoms with Crippen LogP contribution in [0.1, 0.15) is 46.0 Å². The number of anilines is 3. The Bertz CT molecular complexity index is 1410. The first kappa shape index (κ1) is 28.7. The first-order valence-electron chi connectivity index (χ1n) is 14.0. The maximum absolute atomic E-state index is 12.7. The molecule has 9 nitrogen and oxygen atoms in total. The van der Waals surface area contributed by atoms with Gasteiger partial charge in [0, 0.05) is 44.3 Å². The van der Waals surface area contributed by atoms with Gasteiger partial charge >= 0.3 is 0 Å². The van der Waals surface area contributed by atoms with E-state index >= 15 is 0 Å². The predicted molar refractivity (Wildman–Crippen MR) is 161 cm³/mol. The highest BCUT2D eigenvalue weighted by molar-refractivity contribution is 5.94. The van der Waals surface area contributed by atoms with Crippen LogP contribution in [-0.4, -0.2) is 63.6 Å². The zero-order valence-electron chi connectivity index (χ0n) is 24.0. The molecule has 0 N–H and O–H groups in total. The van der Waals surface area contributed by atoms with Crippen molar-refractivity contribution in [3.05, 3.63) is 61.2 Å². The van der Waals surface area contributed by atoms with Crippen LogP contribution in [0.25, 0.3) is 22.2 Å². The van der Waals surface area contributed by atoms with Crippen LogP contribution in [0.4, 0.5) is 17.1 Å². The summed E-state index contributed by atoms with van der Waals surface area (Å²) >= 11 is 0. The molecule has 0 bridgehead atoms. The van der Waals surface area contributed by atoms with Crippen molar-refractivity contribution >= 4 is 40.3 Å². The van der Waals surface area contributed by atoms with Crippen molar-refractivity contribution in [3.63, 3.8) is 0 Å². The smallest absolute Gasteiger partial charge is 0.242 e. The Balaban J connectivity index is 0.000000681. The first-order valence-corrected chi connectivity index (χ1v) is 14.0. The van der Waals surface area contributed by atoms with Crippen LogP contribution in [0, 0.1) is 0 Å². The van der Waals surface area contributed by atoms with Crippen molar-refractivity contribution in [2.45, 2.75) is 46.0 Å². The Morgan fingerprint density at radius 2 is 1.70 bits per heavy atom. The summed E-state index contributed by atoms with van der Waals surface area (Å²) in [5.74, 6) is -0.0312. The van der Waals surface area contributed by atoms with Crippen LogP contribution >= 0.6 is 0 Å². The number of pyridine rings is 2. The van der Waals surface area contributed by atoms with Crippen LogP contribution < -0.4 is 9.80 Å². The standard InChI is InChI=1S/C26H27N7O2.C5H12/c1-30(19-9-10-22(28-13-19)20-14-27-16-25-21(20)15-29-31(25)2)23-7-3-4-8-24(23)33(18-34)17-26(35)32-11-5-6-12-32;1-3-5-4-2/h3-4,7-10,13-16,18H,5-6,11-12,17H2,1-2H3;3-5H2,1-2H3. The molecule has 1 fully saturated rings. The van der Waals surface area contributed by atoms with E-state index in [4.69, 9.17) is 0 Å². The summed E-state index contributed by atoms with van der Waals surface area (Å²) in [5.41, 5.74) is 4.98. The molecule has 5 rings (SSSR count). The van der Waals surface area contributed by atoms with Gasteiger partial charge in [0.1, 0.15) is 6.54 Å². The van der Waals surface area contributed by atoms with E-state index in [2.05, 4.69) is 28.9 Å². The fourth-order valence-electron chi connectivity index (χ4n) is 4.88. The highest BCUT2D eigenvalue weighted by Gasteiger charge is 2.23. The van der Waals surface area contributed by atoms with E-state index in [1.165, 1.54) is 24.2 Å². The van der Waals surface area contributed by atoms with Crippen molar-refractivity contribution < 1.29 is 9.59 Å². The van der Waals surface area contributed by atoms with Crippen LogP contribution in [0.5, 0.6) is 0 Å². The van der Waals surface area contributed by atoms with Gasteiger partial charge < -0.3 is 14.7 Å². The SMILES string of the molecule is CCCCC.CN(c1ccc(-c2cncc3c2cnn3C)nc1)c1ccccc1N(C=O)CC(=O)N1CCCC1. The molecule has 4 heterocycles. The lowest BCUT2D eigenvalue weighted by Gasteiger charge is -2.27. The number of likely N-dealkylation sites (tertiary alicyclic amines) is 1. The molecule has 1 aliphatic heterocycles. The lowest BCUT2D eigenvalue weighted by molar-refractivity contribution is -0.129. The minimum Gasteiger partial charge on any atom is -0.342 e. The van der Waals surface area contributed by atoms with Crippen LogP contribution in [0.3, 0.4) is 0 Å². The topological polar surface area (TPSA) is 87.5 Å². The van der Waals surface area contributed by atoms with E-state index in [1.54, 1.807) is 23.3 Å². The summed E-state index contributed by atoms with van der Waals surface area (Å²) < 4.78 is 1.79. The maximum atomic E-state index is 12.7. The number of fused-ring (bicyclic) bond motifs is 1. The molecule has 0 unspecified atom stereocenters. The molecule has 9 heteroatoms. The van der Waals surface area contributed by atoms with Crippen molar-refractivity contribution in [1.82, 2.24) is 24.6 Å². The Labute approximate surface area is 236 Å². The van der Waals surface area contributed by atoms with Crippen molar-refractivity contribution in [2.24, 2.45) is 7.05 Å². The molecule has 4 aromatic rings. The lowest BCUT2D eigenvalue weighted by atomic mass is 10.1. The van der Waals surface area contributed by atoms with Crippen molar-refractivity contribution in [3.8, 4) is 11.3 Å². The number of hydrogen-bond acceptors (Lipinski definition) is 6. The van der Waals surface area contributed by atoms with Gasteiger partial charge in [0.2, 0.25) is 12.3 Å². The van der Waals surface area contributed by atoms with Crippen LogP contribution in [-0.2, 0) is 16.6 Å². The normalized spacial score (nSPS) is 12.7. The average Bonchev–Trinajstić information content (AvgIpc) is 3.67. The number of amides is 2. The highest BCUT2D eigenvalue weighted by atomic mass is 16.2. The third kappa shape index (κ3) is 6.47. The summed E-state index contributed by atoms with van der Waals surface area (Å²) in [4.78, 5) is 39.0. The minimum absolute atomic E-state index is 0.0215. The van der Waals surface area contributed by atoms with E-state index in [0.29, 0.717) is 5.69 Å². The van der Waals surface area contributed by atoms with Gasteiger partial charge in [0.25, 0.3) is 0 Å². The molecule has 40 heavy (non-hydrogen) atoms. The number of aryl methyl sites for hydroxylation is 1. The number of hydrogen-bond donors (Lipinski definition) is 0. The maximum Gasteiger partial charge on any atom is 0.242 e. The van der Waals surface area contributed by atoms with Crippen LogP contribution in [0.2, 0.25) is 0 Å². The number of carbonyl (C=O) groups is 2. The number of aromatic nitrogens is 4. The molecule has 0 spiro atoms. The fourth-order valence-corrected chi connectivity index (χ4v) is 4.88. The second-order valence-electron chi connectivity index (χ2n) is 10.0. The Kier molecular flexibility index (Phi) is 9.83. The van der Waals surface area contributed by atoms with E-state index in [-0.39, 0.29) is 12.5 Å². The molecule has 0 radical (unpaired) electrons. The third-order valence-corrected chi connectivity index (χ3v) is 7.24. The molecule has 0 aliphatic carbocycles. The number of benzene rings is 1.